The molecule has 0 saturated carbocycles. The fourth-order valence-corrected chi connectivity index (χ4v) is 1.65. The van der Waals surface area contributed by atoms with Gasteiger partial charge < -0.3 is 10.1 Å². The van der Waals surface area contributed by atoms with E-state index >= 15 is 0 Å². The zero-order valence-corrected chi connectivity index (χ0v) is 11.6. The Balaban J connectivity index is 2.18. The molecular weight excluding hydrogens is 282 g/mol. The van der Waals surface area contributed by atoms with E-state index in [0.717, 1.165) is 17.3 Å². The average molecular weight is 300 g/mol. The highest BCUT2D eigenvalue weighted by Crippen LogP contribution is 2.15. The minimum Gasteiger partial charge on any atom is -0.410 e. The molecule has 0 heterocycles. The van der Waals surface area contributed by atoms with Crippen molar-refractivity contribution in [2.45, 2.75) is 32.6 Å². The molecule has 0 unspecified atom stereocenters. The Morgan fingerprint density at radius 1 is 1.24 bits per heavy atom. The van der Waals surface area contributed by atoms with E-state index in [4.69, 9.17) is 4.74 Å². The molecule has 0 bridgehead atoms. The number of carbonyl (C=O) groups is 1. The molecule has 0 fully saturated rings. The quantitative estimate of drug-likeness (QED) is 0.803. The zero-order chi connectivity index (χ0) is 12.5. The van der Waals surface area contributed by atoms with Crippen LogP contribution in [0.15, 0.2) is 28.7 Å². The minimum atomic E-state index is -0.385. The van der Waals surface area contributed by atoms with Gasteiger partial charge in [0.25, 0.3) is 0 Å². The van der Waals surface area contributed by atoms with Crippen LogP contribution in [-0.2, 0) is 0 Å². The average Bonchev–Trinajstić information content (AvgIpc) is 2.32. The number of benzene rings is 1. The Bertz CT molecular complexity index is 338. The van der Waals surface area contributed by atoms with E-state index in [9.17, 15) is 4.79 Å². The topological polar surface area (TPSA) is 38.3 Å². The van der Waals surface area contributed by atoms with Crippen molar-refractivity contribution in [2.75, 3.05) is 6.54 Å². The van der Waals surface area contributed by atoms with Gasteiger partial charge in [-0.2, -0.15) is 0 Å². The van der Waals surface area contributed by atoms with Gasteiger partial charge in [0.15, 0.2) is 0 Å². The van der Waals surface area contributed by atoms with Gasteiger partial charge in [-0.05, 0) is 30.7 Å². The molecule has 3 nitrogen and oxygen atoms in total. The van der Waals surface area contributed by atoms with Crippen molar-refractivity contribution >= 4 is 22.0 Å². The Labute approximate surface area is 111 Å². The van der Waals surface area contributed by atoms with E-state index in [1.165, 1.54) is 12.8 Å². The van der Waals surface area contributed by atoms with E-state index < -0.39 is 0 Å². The number of unbranched alkanes of at least 4 members (excludes halogenated alkanes) is 3. The van der Waals surface area contributed by atoms with Crippen molar-refractivity contribution in [3.8, 4) is 5.75 Å². The van der Waals surface area contributed by atoms with Crippen LogP contribution in [0.4, 0.5) is 4.79 Å². The van der Waals surface area contributed by atoms with Crippen LogP contribution in [-0.4, -0.2) is 12.6 Å². The molecule has 0 aliphatic carbocycles. The van der Waals surface area contributed by atoms with Crippen molar-refractivity contribution < 1.29 is 9.53 Å². The van der Waals surface area contributed by atoms with Gasteiger partial charge >= 0.3 is 6.09 Å². The fraction of sp³-hybridized carbons (Fsp3) is 0.462. The SMILES string of the molecule is CCCCCCNC(=O)Oc1ccc(Br)cc1. The fourth-order valence-electron chi connectivity index (χ4n) is 1.39. The molecule has 1 aromatic carbocycles. The summed E-state index contributed by atoms with van der Waals surface area (Å²) in [5.41, 5.74) is 0. The van der Waals surface area contributed by atoms with E-state index in [1.54, 1.807) is 12.1 Å². The minimum absolute atomic E-state index is 0.385. The highest BCUT2D eigenvalue weighted by molar-refractivity contribution is 9.10. The number of amides is 1. The molecule has 4 heteroatoms. The number of rotatable bonds is 6. The van der Waals surface area contributed by atoms with Crippen LogP contribution in [0.1, 0.15) is 32.6 Å². The van der Waals surface area contributed by atoms with Gasteiger partial charge in [-0.3, -0.25) is 0 Å². The Morgan fingerprint density at radius 3 is 2.59 bits per heavy atom. The second kappa shape index (κ2) is 8.12. The summed E-state index contributed by atoms with van der Waals surface area (Å²) in [6.07, 6.45) is 4.18. The van der Waals surface area contributed by atoms with Crippen molar-refractivity contribution in [1.29, 1.82) is 0 Å². The lowest BCUT2D eigenvalue weighted by Crippen LogP contribution is -2.27. The van der Waals surface area contributed by atoms with Gasteiger partial charge in [0.2, 0.25) is 0 Å². The van der Waals surface area contributed by atoms with E-state index in [0.29, 0.717) is 12.3 Å². The highest BCUT2D eigenvalue weighted by Gasteiger charge is 2.02. The monoisotopic (exact) mass is 299 g/mol. The van der Waals surface area contributed by atoms with E-state index in [1.807, 2.05) is 12.1 Å². The standard InChI is InChI=1S/C13H18BrNO2/c1-2-3-4-5-10-15-13(16)17-12-8-6-11(14)7-9-12/h6-9H,2-5,10H2,1H3,(H,15,16). The molecule has 0 saturated heterocycles. The molecular formula is C13H18BrNO2. The number of halogens is 1. The smallest absolute Gasteiger partial charge is 0.410 e. The maximum atomic E-state index is 11.4. The Morgan fingerprint density at radius 2 is 1.94 bits per heavy atom. The van der Waals surface area contributed by atoms with E-state index in [2.05, 4.69) is 28.2 Å². The lowest BCUT2D eigenvalue weighted by Gasteiger charge is -2.06. The maximum Gasteiger partial charge on any atom is 0.412 e. The summed E-state index contributed by atoms with van der Waals surface area (Å²) >= 11 is 3.32. The molecule has 0 aromatic heterocycles. The lowest BCUT2D eigenvalue weighted by atomic mass is 10.2. The molecule has 1 N–H and O–H groups in total. The second-order valence-electron chi connectivity index (χ2n) is 3.83. The summed E-state index contributed by atoms with van der Waals surface area (Å²) in [5.74, 6) is 0.555. The number of nitrogens with one attached hydrogen (secondary N) is 1. The van der Waals surface area contributed by atoms with E-state index in [-0.39, 0.29) is 6.09 Å². The zero-order valence-electron chi connectivity index (χ0n) is 10.0. The third-order valence-electron chi connectivity index (χ3n) is 2.32. The first-order chi connectivity index (χ1) is 8.22. The first-order valence-electron chi connectivity index (χ1n) is 5.93. The van der Waals surface area contributed by atoms with Crippen LogP contribution < -0.4 is 10.1 Å². The number of carbonyl (C=O) groups excluding carboxylic acids is 1. The van der Waals surface area contributed by atoms with Crippen LogP contribution in [0.2, 0.25) is 0 Å². The maximum absolute atomic E-state index is 11.4. The van der Waals surface area contributed by atoms with Crippen molar-refractivity contribution in [2.24, 2.45) is 0 Å². The van der Waals surface area contributed by atoms with Crippen molar-refractivity contribution in [3.63, 3.8) is 0 Å². The number of hydrogen-bond acceptors (Lipinski definition) is 2. The third-order valence-corrected chi connectivity index (χ3v) is 2.85. The molecule has 0 aliphatic rings. The Kier molecular flexibility index (Phi) is 6.70. The van der Waals surface area contributed by atoms with Gasteiger partial charge in [-0.25, -0.2) is 4.79 Å². The molecule has 0 radical (unpaired) electrons. The van der Waals surface area contributed by atoms with Crippen LogP contribution in [0.25, 0.3) is 0 Å². The van der Waals surface area contributed by atoms with Crippen molar-refractivity contribution in [3.05, 3.63) is 28.7 Å². The normalized spacial score (nSPS) is 10.0. The predicted molar refractivity (Wildman–Crippen MR) is 72.3 cm³/mol. The summed E-state index contributed by atoms with van der Waals surface area (Å²) in [4.78, 5) is 11.4. The molecule has 0 aliphatic heterocycles. The molecule has 0 atom stereocenters. The largest absolute Gasteiger partial charge is 0.412 e. The summed E-state index contributed by atoms with van der Waals surface area (Å²) in [6.45, 7) is 2.84. The summed E-state index contributed by atoms with van der Waals surface area (Å²) in [6, 6.07) is 7.18. The third kappa shape index (κ3) is 6.31. The van der Waals surface area contributed by atoms with Crippen LogP contribution in [0, 0.1) is 0 Å². The highest BCUT2D eigenvalue weighted by atomic mass is 79.9. The number of ether oxygens (including phenoxy) is 1. The van der Waals surface area contributed by atoms with Gasteiger partial charge in [0, 0.05) is 11.0 Å². The number of hydrogen-bond donors (Lipinski definition) is 1. The Hall–Kier alpha value is -1.03. The van der Waals surface area contributed by atoms with Crippen LogP contribution in [0.5, 0.6) is 5.75 Å². The molecule has 1 rings (SSSR count). The molecule has 1 aromatic rings. The first kappa shape index (κ1) is 14.0. The summed E-state index contributed by atoms with van der Waals surface area (Å²) in [5, 5.41) is 2.73. The first-order valence-corrected chi connectivity index (χ1v) is 6.73. The van der Waals surface area contributed by atoms with Gasteiger partial charge in [-0.15, -0.1) is 0 Å². The predicted octanol–water partition coefficient (Wildman–Crippen LogP) is 4.12. The lowest BCUT2D eigenvalue weighted by molar-refractivity contribution is 0.200. The van der Waals surface area contributed by atoms with Gasteiger partial charge in [-0.1, -0.05) is 42.1 Å². The van der Waals surface area contributed by atoms with Gasteiger partial charge in [0.1, 0.15) is 5.75 Å². The summed E-state index contributed by atoms with van der Waals surface area (Å²) in [7, 11) is 0. The molecule has 94 valence electrons. The second-order valence-corrected chi connectivity index (χ2v) is 4.75. The van der Waals surface area contributed by atoms with Crippen LogP contribution >= 0.6 is 15.9 Å². The molecule has 17 heavy (non-hydrogen) atoms. The summed E-state index contributed by atoms with van der Waals surface area (Å²) < 4.78 is 6.07. The van der Waals surface area contributed by atoms with Crippen molar-refractivity contribution in [1.82, 2.24) is 5.32 Å². The van der Waals surface area contributed by atoms with Crippen LogP contribution in [0.3, 0.4) is 0 Å². The van der Waals surface area contributed by atoms with Gasteiger partial charge in [0.05, 0.1) is 0 Å². The molecule has 0 spiro atoms. The molecule has 1 amide bonds.